The first-order valence-corrected chi connectivity index (χ1v) is 3.79. The van der Waals surface area contributed by atoms with Crippen molar-refractivity contribution in [2.75, 3.05) is 20.1 Å². The van der Waals surface area contributed by atoms with Gasteiger partial charge >= 0.3 is 0 Å². The monoisotopic (exact) mass is 128 g/mol. The summed E-state index contributed by atoms with van der Waals surface area (Å²) in [5.41, 5.74) is 0. The molecular formula is C7H16N2. The summed E-state index contributed by atoms with van der Waals surface area (Å²) in [4.78, 5) is 2.47. The second-order valence-corrected chi connectivity index (χ2v) is 2.58. The molecule has 1 heterocycles. The summed E-state index contributed by atoms with van der Waals surface area (Å²) in [6.07, 6.45) is 3.35. The number of hydrogen-bond donors (Lipinski definition) is 1. The smallest absolute Gasteiger partial charge is 0.0594 e. The zero-order valence-electron chi connectivity index (χ0n) is 6.35. The maximum absolute atomic E-state index is 3.29. The van der Waals surface area contributed by atoms with Crippen molar-refractivity contribution < 1.29 is 0 Å². The molecule has 1 aliphatic heterocycles. The standard InChI is InChI=1S/C7H16N2/c1-3-9-6-4-5-7(9)8-2/h7-8H,3-6H2,1-2H3/t7-/m0/s1. The summed E-state index contributed by atoms with van der Waals surface area (Å²) in [5.74, 6) is 0. The molecule has 0 spiro atoms. The van der Waals surface area contributed by atoms with Gasteiger partial charge in [0.25, 0.3) is 0 Å². The summed E-state index contributed by atoms with van der Waals surface area (Å²) in [6, 6.07) is 0. The Bertz CT molecular complexity index is 73.0. The van der Waals surface area contributed by atoms with Crippen LogP contribution in [0.4, 0.5) is 0 Å². The molecule has 0 aliphatic carbocycles. The molecule has 0 bridgehead atoms. The lowest BCUT2D eigenvalue weighted by Crippen LogP contribution is -2.38. The fraction of sp³-hybridized carbons (Fsp3) is 1.00. The minimum absolute atomic E-state index is 0.662. The fourth-order valence-electron chi connectivity index (χ4n) is 1.53. The largest absolute Gasteiger partial charge is 0.305 e. The molecule has 0 unspecified atom stereocenters. The topological polar surface area (TPSA) is 15.3 Å². The van der Waals surface area contributed by atoms with Crippen molar-refractivity contribution >= 4 is 0 Å². The fourth-order valence-corrected chi connectivity index (χ4v) is 1.53. The maximum atomic E-state index is 3.29. The zero-order chi connectivity index (χ0) is 6.69. The first kappa shape index (κ1) is 7.03. The van der Waals surface area contributed by atoms with Gasteiger partial charge in [-0.2, -0.15) is 0 Å². The number of likely N-dealkylation sites (tertiary alicyclic amines) is 1. The van der Waals surface area contributed by atoms with E-state index in [-0.39, 0.29) is 0 Å². The van der Waals surface area contributed by atoms with Gasteiger partial charge in [-0.25, -0.2) is 0 Å². The first-order chi connectivity index (χ1) is 4.38. The van der Waals surface area contributed by atoms with Crippen molar-refractivity contribution in [3.63, 3.8) is 0 Å². The predicted molar refractivity (Wildman–Crippen MR) is 39.3 cm³/mol. The van der Waals surface area contributed by atoms with Crippen LogP contribution in [0, 0.1) is 0 Å². The van der Waals surface area contributed by atoms with Crippen LogP contribution in [0.15, 0.2) is 0 Å². The minimum atomic E-state index is 0.662. The highest BCUT2D eigenvalue weighted by atomic mass is 15.3. The summed E-state index contributed by atoms with van der Waals surface area (Å²) < 4.78 is 0. The molecule has 1 saturated heterocycles. The van der Waals surface area contributed by atoms with Gasteiger partial charge in [0.2, 0.25) is 0 Å². The normalized spacial score (nSPS) is 29.3. The summed E-state index contributed by atoms with van der Waals surface area (Å²) in [5, 5.41) is 3.29. The molecule has 54 valence electrons. The van der Waals surface area contributed by atoms with Gasteiger partial charge in [-0.05, 0) is 33.0 Å². The molecule has 1 atom stereocenters. The average Bonchev–Trinajstić information content (AvgIpc) is 2.33. The molecule has 2 nitrogen and oxygen atoms in total. The third-order valence-electron chi connectivity index (χ3n) is 2.10. The molecule has 1 N–H and O–H groups in total. The van der Waals surface area contributed by atoms with E-state index in [2.05, 4.69) is 17.1 Å². The van der Waals surface area contributed by atoms with Crippen molar-refractivity contribution in [1.82, 2.24) is 10.2 Å². The molecule has 0 saturated carbocycles. The Hall–Kier alpha value is -0.0800. The van der Waals surface area contributed by atoms with Gasteiger partial charge in [-0.15, -0.1) is 0 Å². The van der Waals surface area contributed by atoms with Crippen molar-refractivity contribution in [3.05, 3.63) is 0 Å². The third-order valence-corrected chi connectivity index (χ3v) is 2.10. The molecular weight excluding hydrogens is 112 g/mol. The summed E-state index contributed by atoms with van der Waals surface area (Å²) >= 11 is 0. The number of hydrogen-bond acceptors (Lipinski definition) is 2. The van der Waals surface area contributed by atoms with Crippen molar-refractivity contribution in [2.45, 2.75) is 25.9 Å². The van der Waals surface area contributed by atoms with Crippen LogP contribution in [-0.4, -0.2) is 31.2 Å². The van der Waals surface area contributed by atoms with Crippen LogP contribution in [0.1, 0.15) is 19.8 Å². The average molecular weight is 128 g/mol. The lowest BCUT2D eigenvalue weighted by molar-refractivity contribution is 0.240. The van der Waals surface area contributed by atoms with Gasteiger partial charge in [0.05, 0.1) is 6.17 Å². The van der Waals surface area contributed by atoms with Gasteiger partial charge in [-0.3, -0.25) is 4.90 Å². The molecule has 0 aromatic heterocycles. The lowest BCUT2D eigenvalue weighted by Gasteiger charge is -2.21. The quantitative estimate of drug-likeness (QED) is 0.587. The van der Waals surface area contributed by atoms with E-state index in [0.717, 1.165) is 0 Å². The van der Waals surface area contributed by atoms with Gasteiger partial charge in [0.1, 0.15) is 0 Å². The number of nitrogens with zero attached hydrogens (tertiary/aromatic N) is 1. The van der Waals surface area contributed by atoms with E-state index in [1.807, 2.05) is 7.05 Å². The molecule has 1 aliphatic rings. The first-order valence-electron chi connectivity index (χ1n) is 3.79. The lowest BCUT2D eigenvalue weighted by atomic mass is 10.3. The van der Waals surface area contributed by atoms with E-state index in [4.69, 9.17) is 0 Å². The molecule has 1 rings (SSSR count). The Morgan fingerprint density at radius 3 is 2.89 bits per heavy atom. The van der Waals surface area contributed by atoms with Gasteiger partial charge in [-0.1, -0.05) is 6.92 Å². The third kappa shape index (κ3) is 1.43. The molecule has 0 amide bonds. The Morgan fingerprint density at radius 2 is 2.44 bits per heavy atom. The van der Waals surface area contributed by atoms with Crippen LogP contribution >= 0.6 is 0 Å². The number of nitrogens with one attached hydrogen (secondary N) is 1. The van der Waals surface area contributed by atoms with Crippen LogP contribution in [0.2, 0.25) is 0 Å². The highest BCUT2D eigenvalue weighted by Crippen LogP contribution is 2.12. The summed E-state index contributed by atoms with van der Waals surface area (Å²) in [7, 11) is 2.04. The van der Waals surface area contributed by atoms with E-state index in [1.54, 1.807) is 0 Å². The van der Waals surface area contributed by atoms with E-state index in [1.165, 1.54) is 25.9 Å². The van der Waals surface area contributed by atoms with E-state index >= 15 is 0 Å². The highest BCUT2D eigenvalue weighted by molar-refractivity contribution is 4.74. The SMILES string of the molecule is CCN1CCC[C@H]1NC. The molecule has 0 aromatic carbocycles. The van der Waals surface area contributed by atoms with Crippen LogP contribution in [0.3, 0.4) is 0 Å². The van der Waals surface area contributed by atoms with Crippen LogP contribution in [0.5, 0.6) is 0 Å². The molecule has 0 radical (unpaired) electrons. The second-order valence-electron chi connectivity index (χ2n) is 2.58. The van der Waals surface area contributed by atoms with E-state index < -0.39 is 0 Å². The molecule has 1 fully saturated rings. The van der Waals surface area contributed by atoms with E-state index in [9.17, 15) is 0 Å². The molecule has 2 heteroatoms. The van der Waals surface area contributed by atoms with Crippen molar-refractivity contribution in [3.8, 4) is 0 Å². The maximum Gasteiger partial charge on any atom is 0.0594 e. The minimum Gasteiger partial charge on any atom is -0.305 e. The second kappa shape index (κ2) is 3.18. The predicted octanol–water partition coefficient (Wildman–Crippen LogP) is 0.648. The molecule has 0 aromatic rings. The van der Waals surface area contributed by atoms with Crippen molar-refractivity contribution in [2.24, 2.45) is 0 Å². The Kier molecular flexibility index (Phi) is 2.49. The Balaban J connectivity index is 2.32. The van der Waals surface area contributed by atoms with Gasteiger partial charge in [0.15, 0.2) is 0 Å². The zero-order valence-corrected chi connectivity index (χ0v) is 6.35. The van der Waals surface area contributed by atoms with Gasteiger partial charge in [0, 0.05) is 0 Å². The van der Waals surface area contributed by atoms with Crippen LogP contribution in [0.25, 0.3) is 0 Å². The molecule has 9 heavy (non-hydrogen) atoms. The highest BCUT2D eigenvalue weighted by Gasteiger charge is 2.19. The van der Waals surface area contributed by atoms with Gasteiger partial charge < -0.3 is 5.32 Å². The van der Waals surface area contributed by atoms with Crippen molar-refractivity contribution in [1.29, 1.82) is 0 Å². The number of rotatable bonds is 2. The Morgan fingerprint density at radius 1 is 1.67 bits per heavy atom. The van der Waals surface area contributed by atoms with E-state index in [0.29, 0.717) is 6.17 Å². The summed E-state index contributed by atoms with van der Waals surface area (Å²) in [6.45, 7) is 4.68. The van der Waals surface area contributed by atoms with Crippen LogP contribution in [-0.2, 0) is 0 Å². The van der Waals surface area contributed by atoms with Crippen LogP contribution < -0.4 is 5.32 Å². The Labute approximate surface area is 57.2 Å².